The SMILES string of the molecule is Cc1nc(NC(=O)CNC(=O)c2cccc(C(F)(F)F)c2)sc1-c1cnc(Cl)c(NS(=O)(=O)c2ccccc2)c1. The van der Waals surface area contributed by atoms with E-state index in [1.807, 2.05) is 0 Å². The van der Waals surface area contributed by atoms with E-state index in [1.54, 1.807) is 25.1 Å². The van der Waals surface area contributed by atoms with Crippen LogP contribution in [0.3, 0.4) is 0 Å². The van der Waals surface area contributed by atoms with Gasteiger partial charge in [0.1, 0.15) is 0 Å². The minimum atomic E-state index is -4.61. The van der Waals surface area contributed by atoms with Gasteiger partial charge < -0.3 is 10.6 Å². The minimum absolute atomic E-state index is 0.0376. The van der Waals surface area contributed by atoms with Crippen LogP contribution in [0.4, 0.5) is 24.0 Å². The number of aromatic nitrogens is 2. The number of rotatable bonds is 8. The predicted molar refractivity (Wildman–Crippen MR) is 145 cm³/mol. The molecule has 0 atom stereocenters. The first kappa shape index (κ1) is 29.0. The van der Waals surface area contributed by atoms with Gasteiger partial charge in [-0.1, -0.05) is 47.2 Å². The van der Waals surface area contributed by atoms with Gasteiger partial charge in [-0.05, 0) is 43.3 Å². The zero-order valence-electron chi connectivity index (χ0n) is 20.4. The zero-order chi connectivity index (χ0) is 29.1. The number of anilines is 2. The first-order chi connectivity index (χ1) is 18.8. The van der Waals surface area contributed by atoms with Gasteiger partial charge in [-0.2, -0.15) is 13.2 Å². The second kappa shape index (κ2) is 11.6. The number of thiazole rings is 1. The lowest BCUT2D eigenvalue weighted by Crippen LogP contribution is -2.33. The molecule has 0 aliphatic heterocycles. The molecule has 0 radical (unpaired) electrons. The van der Waals surface area contributed by atoms with Gasteiger partial charge in [0.2, 0.25) is 5.91 Å². The minimum Gasteiger partial charge on any atom is -0.343 e. The van der Waals surface area contributed by atoms with Crippen molar-refractivity contribution in [3.63, 3.8) is 0 Å². The highest BCUT2D eigenvalue weighted by Crippen LogP contribution is 2.35. The molecule has 15 heteroatoms. The molecule has 2 heterocycles. The van der Waals surface area contributed by atoms with E-state index in [4.69, 9.17) is 11.6 Å². The van der Waals surface area contributed by atoms with Crippen LogP contribution in [0.1, 0.15) is 21.6 Å². The average molecular weight is 610 g/mol. The fourth-order valence-electron chi connectivity index (χ4n) is 3.43. The summed E-state index contributed by atoms with van der Waals surface area (Å²) in [4.78, 5) is 33.5. The van der Waals surface area contributed by atoms with Gasteiger partial charge in [-0.15, -0.1) is 0 Å². The van der Waals surface area contributed by atoms with Crippen LogP contribution in [0.2, 0.25) is 5.15 Å². The highest BCUT2D eigenvalue weighted by molar-refractivity contribution is 7.92. The number of carbonyl (C=O) groups is 2. The Balaban J connectivity index is 1.44. The Morgan fingerprint density at radius 3 is 2.48 bits per heavy atom. The smallest absolute Gasteiger partial charge is 0.343 e. The molecule has 0 aliphatic carbocycles. The van der Waals surface area contributed by atoms with Crippen LogP contribution >= 0.6 is 22.9 Å². The predicted octanol–water partition coefficient (Wildman–Crippen LogP) is 5.36. The number of alkyl halides is 3. The molecule has 0 saturated carbocycles. The molecule has 0 saturated heterocycles. The lowest BCUT2D eigenvalue weighted by Gasteiger charge is -2.10. The van der Waals surface area contributed by atoms with Gasteiger partial charge in [0.25, 0.3) is 15.9 Å². The number of sulfonamides is 1. The largest absolute Gasteiger partial charge is 0.416 e. The van der Waals surface area contributed by atoms with Gasteiger partial charge in [0, 0.05) is 17.3 Å². The molecule has 2 aromatic heterocycles. The molecule has 2 aromatic carbocycles. The highest BCUT2D eigenvalue weighted by Gasteiger charge is 2.31. The third-order valence-electron chi connectivity index (χ3n) is 5.30. The Labute approximate surface area is 235 Å². The topological polar surface area (TPSA) is 130 Å². The van der Waals surface area contributed by atoms with E-state index in [0.717, 1.165) is 23.5 Å². The van der Waals surface area contributed by atoms with Crippen LogP contribution < -0.4 is 15.4 Å². The number of carbonyl (C=O) groups excluding carboxylic acids is 2. The Hall–Kier alpha value is -4.01. The number of benzene rings is 2. The normalized spacial score (nSPS) is 11.6. The van der Waals surface area contributed by atoms with Crippen LogP contribution in [-0.2, 0) is 21.0 Å². The molecule has 4 aromatic rings. The third kappa shape index (κ3) is 6.94. The number of amides is 2. The van der Waals surface area contributed by atoms with Crippen LogP contribution in [0.25, 0.3) is 10.4 Å². The van der Waals surface area contributed by atoms with Crippen molar-refractivity contribution < 1.29 is 31.2 Å². The van der Waals surface area contributed by atoms with Crippen molar-refractivity contribution in [3.05, 3.63) is 88.8 Å². The molecule has 2 amide bonds. The molecule has 9 nitrogen and oxygen atoms in total. The molecule has 3 N–H and O–H groups in total. The summed E-state index contributed by atoms with van der Waals surface area (Å²) in [6.07, 6.45) is -3.19. The number of hydrogen-bond donors (Lipinski definition) is 3. The molecule has 0 spiro atoms. The molecule has 0 aliphatic rings. The standard InChI is InChI=1S/C25H19ClF3N5O4S2/c1-14-21(16-11-19(22(26)30-12-16)34-40(37,38)18-8-3-2-4-9-18)39-24(32-14)33-20(35)13-31-23(36)15-6-5-7-17(10-15)25(27,28)29/h2-12,34H,13H2,1H3,(H,31,36)(H,32,33,35). The van der Waals surface area contributed by atoms with Gasteiger partial charge >= 0.3 is 6.18 Å². The quantitative estimate of drug-likeness (QED) is 0.231. The van der Waals surface area contributed by atoms with Crippen molar-refractivity contribution >= 4 is 55.6 Å². The number of nitrogens with one attached hydrogen (secondary N) is 3. The highest BCUT2D eigenvalue weighted by atomic mass is 35.5. The van der Waals surface area contributed by atoms with Gasteiger partial charge in [-0.3, -0.25) is 14.3 Å². The van der Waals surface area contributed by atoms with E-state index < -0.39 is 40.1 Å². The summed E-state index contributed by atoms with van der Waals surface area (Å²) in [6.45, 7) is 1.15. The molecule has 40 heavy (non-hydrogen) atoms. The molecule has 0 fully saturated rings. The van der Waals surface area contributed by atoms with Crippen molar-refractivity contribution in [2.45, 2.75) is 18.0 Å². The van der Waals surface area contributed by atoms with Crippen molar-refractivity contribution in [1.29, 1.82) is 0 Å². The fourth-order valence-corrected chi connectivity index (χ4v) is 5.68. The summed E-state index contributed by atoms with van der Waals surface area (Å²) in [6, 6.07) is 13.0. The van der Waals surface area contributed by atoms with E-state index >= 15 is 0 Å². The van der Waals surface area contributed by atoms with Crippen molar-refractivity contribution in [3.8, 4) is 10.4 Å². The first-order valence-electron chi connectivity index (χ1n) is 11.3. The van der Waals surface area contributed by atoms with Gasteiger partial charge in [0.05, 0.1) is 33.3 Å². The lowest BCUT2D eigenvalue weighted by molar-refractivity contribution is -0.137. The molecule has 208 valence electrons. The van der Waals surface area contributed by atoms with Crippen molar-refractivity contribution in [2.75, 3.05) is 16.6 Å². The summed E-state index contributed by atoms with van der Waals surface area (Å²) in [7, 11) is -3.93. The Morgan fingerprint density at radius 2 is 1.77 bits per heavy atom. The van der Waals surface area contributed by atoms with Crippen LogP contribution in [0.15, 0.2) is 71.8 Å². The van der Waals surface area contributed by atoms with E-state index in [0.29, 0.717) is 22.2 Å². The zero-order valence-corrected chi connectivity index (χ0v) is 22.8. The van der Waals surface area contributed by atoms with Crippen LogP contribution in [-0.4, -0.2) is 36.7 Å². The van der Waals surface area contributed by atoms with E-state index in [1.165, 1.54) is 30.5 Å². The number of nitrogens with zero attached hydrogens (tertiary/aromatic N) is 2. The maximum atomic E-state index is 12.9. The van der Waals surface area contributed by atoms with Crippen LogP contribution in [0.5, 0.6) is 0 Å². The summed E-state index contributed by atoms with van der Waals surface area (Å²) >= 11 is 7.19. The second-order valence-electron chi connectivity index (χ2n) is 8.22. The molecular weight excluding hydrogens is 591 g/mol. The van der Waals surface area contributed by atoms with E-state index in [2.05, 4.69) is 25.3 Å². The fraction of sp³-hybridized carbons (Fsp3) is 0.120. The number of pyridine rings is 1. The summed E-state index contributed by atoms with van der Waals surface area (Å²) in [5, 5.41) is 4.88. The maximum Gasteiger partial charge on any atom is 0.416 e. The van der Waals surface area contributed by atoms with Crippen molar-refractivity contribution in [1.82, 2.24) is 15.3 Å². The monoisotopic (exact) mass is 609 g/mol. The molecule has 0 bridgehead atoms. The van der Waals surface area contributed by atoms with Crippen LogP contribution in [0, 0.1) is 6.92 Å². The summed E-state index contributed by atoms with van der Waals surface area (Å²) < 4.78 is 66.5. The molecule has 4 rings (SSSR count). The van der Waals surface area contributed by atoms with E-state index in [9.17, 15) is 31.2 Å². The number of aryl methyl sites for hydroxylation is 1. The molecular formula is C25H19ClF3N5O4S2. The van der Waals surface area contributed by atoms with Gasteiger partial charge in [0.15, 0.2) is 10.3 Å². The maximum absolute atomic E-state index is 12.9. The van der Waals surface area contributed by atoms with Crippen molar-refractivity contribution in [2.24, 2.45) is 0 Å². The number of halogens is 4. The Kier molecular flexibility index (Phi) is 8.42. The first-order valence-corrected chi connectivity index (χ1v) is 14.0. The third-order valence-corrected chi connectivity index (χ3v) is 8.11. The second-order valence-corrected chi connectivity index (χ2v) is 11.3. The summed E-state index contributed by atoms with van der Waals surface area (Å²) in [5.74, 6) is -1.51. The summed E-state index contributed by atoms with van der Waals surface area (Å²) in [5.41, 5.74) is -0.219. The lowest BCUT2D eigenvalue weighted by atomic mass is 10.1. The average Bonchev–Trinajstić information content (AvgIpc) is 3.28. The van der Waals surface area contributed by atoms with Gasteiger partial charge in [-0.25, -0.2) is 18.4 Å². The molecule has 0 unspecified atom stereocenters. The van der Waals surface area contributed by atoms with E-state index in [-0.39, 0.29) is 26.4 Å². The Bertz CT molecular complexity index is 1680. The Morgan fingerprint density at radius 1 is 1.05 bits per heavy atom. The number of hydrogen-bond acceptors (Lipinski definition) is 7.